The number of para-hydroxylation sites is 1. The molecule has 1 aromatic heterocycles. The number of H-pyrrole nitrogens is 1. The third kappa shape index (κ3) is 1.09. The number of aromatic nitrogens is 1. The highest BCUT2D eigenvalue weighted by atomic mass is 16.5. The van der Waals surface area contributed by atoms with E-state index in [1.54, 1.807) is 0 Å². The Morgan fingerprint density at radius 3 is 3.00 bits per heavy atom. The molecule has 1 heterocycles. The second-order valence-corrected chi connectivity index (χ2v) is 2.73. The number of hydrogen-bond acceptors (Lipinski definition) is 1. The summed E-state index contributed by atoms with van der Waals surface area (Å²) in [5, 5.41) is 11.4. The quantitative estimate of drug-likeness (QED) is 0.628. The van der Waals surface area contributed by atoms with E-state index in [2.05, 4.69) is 4.98 Å². The predicted octanol–water partition coefficient (Wildman–Crippen LogP) is 0.729. The highest BCUT2D eigenvalue weighted by Gasteiger charge is 2.00. The maximum atomic E-state index is 10.3. The number of hydrogen-bond donors (Lipinski definition) is 2. The molecule has 0 bridgehead atoms. The summed E-state index contributed by atoms with van der Waals surface area (Å²) in [7, 11) is 0. The molecule has 2 rings (SSSR count). The van der Waals surface area contributed by atoms with Crippen molar-refractivity contribution in [2.75, 3.05) is 0 Å². The standard InChI is InChI=1S/C9H10N2O/c12-11-6-7-5-10-9-4-2-1-3-8(7)9/h1-5,10H,6,11H2. The topological polar surface area (TPSA) is 55.5 Å². The van der Waals surface area contributed by atoms with Crippen molar-refractivity contribution in [3.05, 3.63) is 41.2 Å². The molecule has 0 saturated carbocycles. The van der Waals surface area contributed by atoms with Gasteiger partial charge < -0.3 is 15.7 Å². The van der Waals surface area contributed by atoms with Crippen molar-refractivity contribution >= 4 is 10.9 Å². The molecule has 0 fully saturated rings. The Hall–Kier alpha value is -1.32. The van der Waals surface area contributed by atoms with Crippen molar-refractivity contribution in [3.8, 4) is 0 Å². The van der Waals surface area contributed by atoms with Crippen LogP contribution in [-0.2, 0) is 6.54 Å². The van der Waals surface area contributed by atoms with E-state index in [4.69, 9.17) is 0 Å². The first-order valence-corrected chi connectivity index (χ1v) is 3.90. The summed E-state index contributed by atoms with van der Waals surface area (Å²) in [5.74, 6) is 0. The van der Waals surface area contributed by atoms with E-state index in [1.165, 1.54) is 0 Å². The molecule has 2 aromatic rings. The fourth-order valence-corrected chi connectivity index (χ4v) is 1.39. The summed E-state index contributed by atoms with van der Waals surface area (Å²) in [5.41, 5.74) is 3.09. The van der Waals surface area contributed by atoms with Crippen LogP contribution in [0.3, 0.4) is 0 Å². The van der Waals surface area contributed by atoms with Crippen molar-refractivity contribution in [3.63, 3.8) is 0 Å². The molecule has 62 valence electrons. The Labute approximate surface area is 70.0 Å². The molecule has 1 aromatic carbocycles. The molecule has 0 aliphatic carbocycles. The fraction of sp³-hybridized carbons (Fsp3) is 0.111. The molecule has 0 aliphatic rings. The molecule has 0 spiro atoms. The van der Waals surface area contributed by atoms with Gasteiger partial charge in [0.25, 0.3) is 0 Å². The summed E-state index contributed by atoms with van der Waals surface area (Å²) in [6.07, 6.45) is 1.89. The normalized spacial score (nSPS) is 10.8. The van der Waals surface area contributed by atoms with Crippen LogP contribution >= 0.6 is 0 Å². The molecule has 3 heteroatoms. The molecule has 12 heavy (non-hydrogen) atoms. The SMILES string of the molecule is [O-][NH2+]Cc1c[nH]c2ccccc12. The lowest BCUT2D eigenvalue weighted by Gasteiger charge is -1.99. The number of nitrogens with one attached hydrogen (secondary N) is 1. The van der Waals surface area contributed by atoms with Crippen LogP contribution in [0.1, 0.15) is 5.56 Å². The van der Waals surface area contributed by atoms with Gasteiger partial charge in [-0.3, -0.25) is 0 Å². The summed E-state index contributed by atoms with van der Waals surface area (Å²) in [6.45, 7) is 0.490. The van der Waals surface area contributed by atoms with E-state index in [9.17, 15) is 5.21 Å². The summed E-state index contributed by atoms with van der Waals surface area (Å²) in [4.78, 5) is 3.11. The minimum atomic E-state index is 0.490. The first kappa shape index (κ1) is 7.34. The summed E-state index contributed by atoms with van der Waals surface area (Å²) in [6, 6.07) is 7.97. The van der Waals surface area contributed by atoms with Crippen molar-refractivity contribution in [1.82, 2.24) is 4.98 Å². The Bertz CT molecular complexity index is 381. The van der Waals surface area contributed by atoms with Crippen LogP contribution in [-0.4, -0.2) is 4.98 Å². The first-order valence-electron chi connectivity index (χ1n) is 3.90. The molecular weight excluding hydrogens is 152 g/mol. The predicted molar refractivity (Wildman–Crippen MR) is 47.3 cm³/mol. The smallest absolute Gasteiger partial charge is 0.103 e. The van der Waals surface area contributed by atoms with Crippen LogP contribution in [0.15, 0.2) is 30.5 Å². The Morgan fingerprint density at radius 2 is 2.17 bits per heavy atom. The second kappa shape index (κ2) is 2.97. The molecule has 0 amide bonds. The average molecular weight is 162 g/mol. The number of hydroxylamine groups is 1. The van der Waals surface area contributed by atoms with Gasteiger partial charge in [-0.05, 0) is 6.07 Å². The van der Waals surface area contributed by atoms with Gasteiger partial charge in [0, 0.05) is 22.7 Å². The molecule has 0 saturated heterocycles. The van der Waals surface area contributed by atoms with Crippen LogP contribution in [0, 0.1) is 5.21 Å². The zero-order valence-electron chi connectivity index (χ0n) is 6.58. The van der Waals surface area contributed by atoms with Gasteiger partial charge in [-0.2, -0.15) is 0 Å². The zero-order chi connectivity index (χ0) is 8.39. The molecule has 0 radical (unpaired) electrons. The van der Waals surface area contributed by atoms with Crippen molar-refractivity contribution in [2.45, 2.75) is 6.54 Å². The van der Waals surface area contributed by atoms with Crippen molar-refractivity contribution < 1.29 is 5.48 Å². The van der Waals surface area contributed by atoms with Gasteiger partial charge in [-0.25, -0.2) is 0 Å². The maximum Gasteiger partial charge on any atom is 0.103 e. The van der Waals surface area contributed by atoms with E-state index < -0.39 is 0 Å². The minimum Gasteiger partial charge on any atom is -0.636 e. The number of quaternary nitrogens is 1. The van der Waals surface area contributed by atoms with Gasteiger partial charge in [-0.1, -0.05) is 18.2 Å². The molecule has 0 atom stereocenters. The lowest BCUT2D eigenvalue weighted by Crippen LogP contribution is -2.75. The molecular formula is C9H10N2O. The lowest BCUT2D eigenvalue weighted by molar-refractivity contribution is -0.605. The largest absolute Gasteiger partial charge is 0.636 e. The number of aromatic amines is 1. The van der Waals surface area contributed by atoms with Gasteiger partial charge in [0.2, 0.25) is 0 Å². The zero-order valence-corrected chi connectivity index (χ0v) is 6.58. The fourth-order valence-electron chi connectivity index (χ4n) is 1.39. The minimum absolute atomic E-state index is 0.490. The number of benzene rings is 1. The summed E-state index contributed by atoms with van der Waals surface area (Å²) >= 11 is 0. The van der Waals surface area contributed by atoms with E-state index >= 15 is 0 Å². The van der Waals surface area contributed by atoms with Crippen LogP contribution in [0.2, 0.25) is 0 Å². The average Bonchev–Trinajstić information content (AvgIpc) is 2.50. The van der Waals surface area contributed by atoms with Crippen LogP contribution in [0.5, 0.6) is 0 Å². The first-order chi connectivity index (χ1) is 5.92. The monoisotopic (exact) mass is 162 g/mol. The van der Waals surface area contributed by atoms with Crippen LogP contribution in [0.25, 0.3) is 10.9 Å². The number of rotatable bonds is 2. The Morgan fingerprint density at radius 1 is 1.33 bits per heavy atom. The third-order valence-electron chi connectivity index (χ3n) is 1.98. The van der Waals surface area contributed by atoms with E-state index in [0.717, 1.165) is 21.9 Å². The lowest BCUT2D eigenvalue weighted by atomic mass is 10.2. The van der Waals surface area contributed by atoms with Crippen molar-refractivity contribution in [1.29, 1.82) is 0 Å². The molecule has 3 N–H and O–H groups in total. The van der Waals surface area contributed by atoms with E-state index in [0.29, 0.717) is 6.54 Å². The highest BCUT2D eigenvalue weighted by Crippen LogP contribution is 2.16. The molecule has 3 nitrogen and oxygen atoms in total. The summed E-state index contributed by atoms with van der Waals surface area (Å²) < 4.78 is 0. The Kier molecular flexibility index (Phi) is 1.81. The van der Waals surface area contributed by atoms with Crippen LogP contribution < -0.4 is 5.48 Å². The third-order valence-corrected chi connectivity index (χ3v) is 1.98. The van der Waals surface area contributed by atoms with E-state index in [-0.39, 0.29) is 0 Å². The van der Waals surface area contributed by atoms with Gasteiger partial charge in [0.15, 0.2) is 0 Å². The molecule has 0 unspecified atom stereocenters. The highest BCUT2D eigenvalue weighted by molar-refractivity contribution is 5.82. The number of nitrogens with two attached hydrogens (primary N) is 1. The van der Waals surface area contributed by atoms with Crippen molar-refractivity contribution in [2.24, 2.45) is 0 Å². The number of fused-ring (bicyclic) bond motifs is 1. The maximum absolute atomic E-state index is 10.3. The Balaban J connectivity index is 2.55. The van der Waals surface area contributed by atoms with Gasteiger partial charge in [0.05, 0.1) is 0 Å². The van der Waals surface area contributed by atoms with Gasteiger partial charge in [0.1, 0.15) is 6.54 Å². The van der Waals surface area contributed by atoms with E-state index in [1.807, 2.05) is 30.5 Å². The van der Waals surface area contributed by atoms with Crippen LogP contribution in [0.4, 0.5) is 0 Å². The van der Waals surface area contributed by atoms with Gasteiger partial charge in [-0.15, -0.1) is 0 Å². The molecule has 0 aliphatic heterocycles. The van der Waals surface area contributed by atoms with Gasteiger partial charge >= 0.3 is 0 Å². The second-order valence-electron chi connectivity index (χ2n) is 2.73.